The van der Waals surface area contributed by atoms with Crippen LogP contribution < -0.4 is 10.6 Å². The third-order valence-corrected chi connectivity index (χ3v) is 6.98. The van der Waals surface area contributed by atoms with Crippen LogP contribution in [0.2, 0.25) is 0 Å². The van der Waals surface area contributed by atoms with Crippen molar-refractivity contribution in [2.75, 3.05) is 25.1 Å². The number of Topliss-reactive ketones (excluding diaryl/α,β-unsaturated/α-hetero) is 1. The van der Waals surface area contributed by atoms with E-state index in [2.05, 4.69) is 10.6 Å². The van der Waals surface area contributed by atoms with Crippen molar-refractivity contribution < 1.29 is 33.4 Å². The third kappa shape index (κ3) is 5.88. The van der Waals surface area contributed by atoms with Gasteiger partial charge in [-0.15, -0.1) is 11.3 Å². The number of hydrogen-bond donors (Lipinski definition) is 2. The lowest BCUT2D eigenvalue weighted by atomic mass is 9.94. The molecule has 1 aliphatic heterocycles. The minimum Gasteiger partial charge on any atom is -0.463 e. The Morgan fingerprint density at radius 2 is 1.65 bits per heavy atom. The van der Waals surface area contributed by atoms with E-state index in [1.54, 1.807) is 58.0 Å². The number of esters is 2. The normalized spacial score (nSPS) is 15.2. The molecule has 10 nitrogen and oxygen atoms in total. The maximum absolute atomic E-state index is 13.2. The monoisotopic (exact) mass is 527 g/mol. The molecule has 0 aliphatic carbocycles. The Bertz CT molecular complexity index is 1270. The molecule has 2 heterocycles. The van der Waals surface area contributed by atoms with Crippen LogP contribution in [0, 0.1) is 6.92 Å². The first kappa shape index (κ1) is 27.6. The molecule has 196 valence electrons. The summed E-state index contributed by atoms with van der Waals surface area (Å²) in [5.74, 6) is -2.16. The Balaban J connectivity index is 1.98. The fraction of sp³-hybridized carbons (Fsp3) is 0.346. The maximum Gasteiger partial charge on any atom is 0.341 e. The number of anilines is 1. The summed E-state index contributed by atoms with van der Waals surface area (Å²) in [6, 6.07) is 7.37. The number of rotatable bonds is 9. The zero-order chi connectivity index (χ0) is 27.3. The summed E-state index contributed by atoms with van der Waals surface area (Å²) in [7, 11) is 0. The Kier molecular flexibility index (Phi) is 8.82. The Hall–Kier alpha value is -3.99. The van der Waals surface area contributed by atoms with Crippen LogP contribution in [0.3, 0.4) is 0 Å². The molecule has 1 aromatic heterocycles. The zero-order valence-electron chi connectivity index (χ0n) is 21.3. The number of nitrogens with zero attached hydrogens (tertiary/aromatic N) is 1. The van der Waals surface area contributed by atoms with E-state index in [-0.39, 0.29) is 35.1 Å². The Labute approximate surface area is 218 Å². The lowest BCUT2D eigenvalue weighted by molar-refractivity contribution is -0.139. The fourth-order valence-electron chi connectivity index (χ4n) is 4.10. The Morgan fingerprint density at radius 3 is 2.24 bits per heavy atom. The van der Waals surface area contributed by atoms with E-state index in [4.69, 9.17) is 9.47 Å². The second-order valence-electron chi connectivity index (χ2n) is 8.22. The molecule has 2 aromatic rings. The summed E-state index contributed by atoms with van der Waals surface area (Å²) in [5.41, 5.74) is 1.66. The van der Waals surface area contributed by atoms with E-state index in [9.17, 15) is 24.0 Å². The standard InChI is InChI=1S/C26H29N3O7S/c1-6-35-24(32)19-14(3)22(16(5)30)37-23(19)28-18(31)13-29-21(17-11-9-8-10-12-17)20(25(33)36-7-2)15(4)27-26(29)34/h8-12,21H,6-7,13H2,1-5H3,(H,27,34)(H,28,31)/t21-/m1/s1. The number of carbonyl (C=O) groups is 5. The minimum absolute atomic E-state index is 0.0936. The van der Waals surface area contributed by atoms with Gasteiger partial charge in [0.25, 0.3) is 0 Å². The number of benzene rings is 1. The second-order valence-corrected chi connectivity index (χ2v) is 9.24. The van der Waals surface area contributed by atoms with E-state index in [1.807, 2.05) is 0 Å². The second kappa shape index (κ2) is 11.8. The topological polar surface area (TPSA) is 131 Å². The predicted molar refractivity (Wildman–Crippen MR) is 137 cm³/mol. The number of thiophene rings is 1. The van der Waals surface area contributed by atoms with Crippen LogP contribution >= 0.6 is 11.3 Å². The first-order valence-corrected chi connectivity index (χ1v) is 12.5. The van der Waals surface area contributed by atoms with Crippen LogP contribution in [0.4, 0.5) is 9.80 Å². The summed E-state index contributed by atoms with van der Waals surface area (Å²) in [6.07, 6.45) is 0. The highest BCUT2D eigenvalue weighted by atomic mass is 32.1. The molecule has 2 N–H and O–H groups in total. The van der Waals surface area contributed by atoms with Gasteiger partial charge < -0.3 is 25.0 Å². The molecule has 0 unspecified atom stereocenters. The van der Waals surface area contributed by atoms with Crippen molar-refractivity contribution in [2.24, 2.45) is 0 Å². The van der Waals surface area contributed by atoms with E-state index in [0.29, 0.717) is 21.7 Å². The highest BCUT2D eigenvalue weighted by molar-refractivity contribution is 7.18. The predicted octanol–water partition coefficient (Wildman–Crippen LogP) is 3.98. The Morgan fingerprint density at radius 1 is 1.03 bits per heavy atom. The molecule has 1 aromatic carbocycles. The molecule has 11 heteroatoms. The van der Waals surface area contributed by atoms with Crippen molar-refractivity contribution in [2.45, 2.75) is 40.7 Å². The van der Waals surface area contributed by atoms with Crippen LogP contribution in [0.15, 0.2) is 41.6 Å². The molecule has 3 amide bonds. The van der Waals surface area contributed by atoms with Gasteiger partial charge in [0.2, 0.25) is 5.91 Å². The SMILES string of the molecule is CCOC(=O)C1=C(C)NC(=O)N(CC(=O)Nc2sc(C(C)=O)c(C)c2C(=O)OCC)[C@@H]1c1ccccc1. The number of ether oxygens (including phenoxy) is 2. The first-order chi connectivity index (χ1) is 17.6. The van der Waals surface area contributed by atoms with E-state index < -0.39 is 36.5 Å². The number of carbonyl (C=O) groups excluding carboxylic acids is 5. The zero-order valence-corrected chi connectivity index (χ0v) is 22.1. The summed E-state index contributed by atoms with van der Waals surface area (Å²) < 4.78 is 10.3. The van der Waals surface area contributed by atoms with Crippen molar-refractivity contribution in [1.82, 2.24) is 10.2 Å². The van der Waals surface area contributed by atoms with Crippen LogP contribution in [0.25, 0.3) is 0 Å². The number of nitrogens with one attached hydrogen (secondary N) is 2. The number of amides is 3. The molecule has 1 atom stereocenters. The summed E-state index contributed by atoms with van der Waals surface area (Å²) in [4.78, 5) is 65.3. The van der Waals surface area contributed by atoms with E-state index >= 15 is 0 Å². The number of urea groups is 1. The highest BCUT2D eigenvalue weighted by Crippen LogP contribution is 2.36. The van der Waals surface area contributed by atoms with Crippen molar-refractivity contribution in [3.63, 3.8) is 0 Å². The van der Waals surface area contributed by atoms with Crippen molar-refractivity contribution >= 4 is 46.0 Å². The van der Waals surface area contributed by atoms with Crippen LogP contribution in [0.5, 0.6) is 0 Å². The quantitative estimate of drug-likeness (QED) is 0.373. The average molecular weight is 528 g/mol. The molecule has 37 heavy (non-hydrogen) atoms. The lowest BCUT2D eigenvalue weighted by Crippen LogP contribution is -2.51. The van der Waals surface area contributed by atoms with Gasteiger partial charge in [0, 0.05) is 5.70 Å². The molecular formula is C26H29N3O7S. The molecular weight excluding hydrogens is 498 g/mol. The van der Waals surface area contributed by atoms with Gasteiger partial charge in [0.1, 0.15) is 11.5 Å². The van der Waals surface area contributed by atoms with E-state index in [0.717, 1.165) is 11.3 Å². The van der Waals surface area contributed by atoms with Crippen molar-refractivity contribution in [3.8, 4) is 0 Å². The molecule has 0 bridgehead atoms. The van der Waals surface area contributed by atoms with Crippen molar-refractivity contribution in [1.29, 1.82) is 0 Å². The molecule has 0 radical (unpaired) electrons. The molecule has 3 rings (SSSR count). The third-order valence-electron chi connectivity index (χ3n) is 5.67. The summed E-state index contributed by atoms with van der Waals surface area (Å²) in [6.45, 7) is 7.71. The van der Waals surface area contributed by atoms with Gasteiger partial charge in [0.05, 0.1) is 35.3 Å². The smallest absolute Gasteiger partial charge is 0.341 e. The molecule has 0 fully saturated rings. The van der Waals surface area contributed by atoms with Gasteiger partial charge in [-0.25, -0.2) is 14.4 Å². The van der Waals surface area contributed by atoms with Gasteiger partial charge in [-0.3, -0.25) is 9.59 Å². The van der Waals surface area contributed by atoms with Crippen LogP contribution in [0.1, 0.15) is 64.9 Å². The first-order valence-electron chi connectivity index (χ1n) is 11.7. The van der Waals surface area contributed by atoms with Gasteiger partial charge in [-0.2, -0.15) is 0 Å². The number of hydrogen-bond acceptors (Lipinski definition) is 8. The van der Waals surface area contributed by atoms with Gasteiger partial charge in [-0.05, 0) is 45.7 Å². The fourth-order valence-corrected chi connectivity index (χ4v) is 5.21. The van der Waals surface area contributed by atoms with Gasteiger partial charge in [0.15, 0.2) is 5.78 Å². The molecule has 0 saturated carbocycles. The number of allylic oxidation sites excluding steroid dienone is 1. The molecule has 0 spiro atoms. The highest BCUT2D eigenvalue weighted by Gasteiger charge is 2.39. The summed E-state index contributed by atoms with van der Waals surface area (Å²) in [5, 5.41) is 5.44. The van der Waals surface area contributed by atoms with E-state index in [1.165, 1.54) is 11.8 Å². The van der Waals surface area contributed by atoms with Crippen molar-refractivity contribution in [3.05, 3.63) is 63.2 Å². The van der Waals surface area contributed by atoms with Gasteiger partial charge in [-0.1, -0.05) is 30.3 Å². The summed E-state index contributed by atoms with van der Waals surface area (Å²) >= 11 is 0.964. The molecule has 1 aliphatic rings. The molecule has 0 saturated heterocycles. The lowest BCUT2D eigenvalue weighted by Gasteiger charge is -2.37. The van der Waals surface area contributed by atoms with Crippen LogP contribution in [-0.4, -0.2) is 54.3 Å². The number of ketones is 1. The van der Waals surface area contributed by atoms with Gasteiger partial charge >= 0.3 is 18.0 Å². The van der Waals surface area contributed by atoms with Crippen LogP contribution in [-0.2, 0) is 19.1 Å². The average Bonchev–Trinajstić information content (AvgIpc) is 3.17. The largest absolute Gasteiger partial charge is 0.463 e. The minimum atomic E-state index is -0.887. The maximum atomic E-state index is 13.2.